The molecule has 1 heterocycles. The maximum absolute atomic E-state index is 13.8. The summed E-state index contributed by atoms with van der Waals surface area (Å²) in [6.07, 6.45) is 1.45. The van der Waals surface area contributed by atoms with Gasteiger partial charge in [0.2, 0.25) is 16.9 Å². The second-order valence-corrected chi connectivity index (χ2v) is 11.0. The molecule has 5 nitrogen and oxygen atoms in total. The van der Waals surface area contributed by atoms with Crippen molar-refractivity contribution in [3.8, 4) is 0 Å². The average molecular weight is 499 g/mol. The molecule has 3 atom stereocenters. The highest BCUT2D eigenvalue weighted by molar-refractivity contribution is 8.13. The third-order valence-corrected chi connectivity index (χ3v) is 7.25. The van der Waals surface area contributed by atoms with E-state index in [0.717, 1.165) is 16.7 Å². The quantitative estimate of drug-likeness (QED) is 0.506. The molecule has 0 aromatic heterocycles. The first kappa shape index (κ1) is 26.4. The number of nitrogens with one attached hydrogen (secondary N) is 1. The summed E-state index contributed by atoms with van der Waals surface area (Å²) in [5.74, 6) is 0.422. The topological polar surface area (TPSA) is 66.5 Å². The Morgan fingerprint density at radius 3 is 2.38 bits per heavy atom. The minimum absolute atomic E-state index is 0.00478. The van der Waals surface area contributed by atoms with Crippen molar-refractivity contribution in [2.24, 2.45) is 5.92 Å². The van der Waals surface area contributed by atoms with Gasteiger partial charge < -0.3 is 10.2 Å². The van der Waals surface area contributed by atoms with Gasteiger partial charge in [0, 0.05) is 13.0 Å². The van der Waals surface area contributed by atoms with Crippen molar-refractivity contribution in [2.45, 2.75) is 63.9 Å². The van der Waals surface area contributed by atoms with Crippen LogP contribution in [0, 0.1) is 5.92 Å². The molecule has 3 rings (SSSR count). The molecule has 0 spiro atoms. The van der Waals surface area contributed by atoms with Crippen LogP contribution in [-0.2, 0) is 33.8 Å². The van der Waals surface area contributed by atoms with Gasteiger partial charge in [0.25, 0.3) is 0 Å². The summed E-state index contributed by atoms with van der Waals surface area (Å²) in [6.45, 7) is 6.42. The lowest BCUT2D eigenvalue weighted by atomic mass is 10.0. The van der Waals surface area contributed by atoms with E-state index >= 15 is 0 Å². The molecule has 2 aromatic rings. The van der Waals surface area contributed by atoms with Crippen LogP contribution < -0.4 is 5.32 Å². The lowest BCUT2D eigenvalue weighted by Gasteiger charge is -2.33. The van der Waals surface area contributed by atoms with Crippen molar-refractivity contribution >= 4 is 41.3 Å². The Morgan fingerprint density at radius 1 is 1.09 bits per heavy atom. The van der Waals surface area contributed by atoms with Gasteiger partial charge in [0.15, 0.2) is 0 Å². The Balaban J connectivity index is 1.86. The zero-order valence-corrected chi connectivity index (χ0v) is 21.8. The number of fused-ring (bicyclic) bond motifs is 1. The molecule has 2 aromatic carbocycles. The summed E-state index contributed by atoms with van der Waals surface area (Å²) in [5.41, 5.74) is 3.04. The maximum Gasteiger partial charge on any atom is 0.246 e. The zero-order chi connectivity index (χ0) is 24.7. The van der Waals surface area contributed by atoms with E-state index in [0.29, 0.717) is 31.6 Å². The summed E-state index contributed by atoms with van der Waals surface area (Å²) < 4.78 is 0. The fourth-order valence-corrected chi connectivity index (χ4v) is 5.28. The number of carbonyl (C=O) groups is 3. The van der Waals surface area contributed by atoms with Crippen LogP contribution in [0.1, 0.15) is 43.9 Å². The Kier molecular flexibility index (Phi) is 9.65. The first-order valence-corrected chi connectivity index (χ1v) is 13.4. The van der Waals surface area contributed by atoms with Crippen LogP contribution in [0.25, 0.3) is 0 Å². The fourth-order valence-electron chi connectivity index (χ4n) is 4.29. The third kappa shape index (κ3) is 6.89. The lowest BCUT2D eigenvalue weighted by molar-refractivity contribution is -0.141. The Hall–Kier alpha value is -2.25. The number of thioether (sulfide) groups is 1. The third-order valence-electron chi connectivity index (χ3n) is 5.98. The molecule has 1 aliphatic heterocycles. The lowest BCUT2D eigenvalue weighted by Crippen LogP contribution is -2.54. The Bertz CT molecular complexity index is 996. The van der Waals surface area contributed by atoms with Crippen molar-refractivity contribution < 1.29 is 14.4 Å². The molecule has 0 aliphatic carbocycles. The molecule has 0 radical (unpaired) electrons. The zero-order valence-electron chi connectivity index (χ0n) is 20.1. The summed E-state index contributed by atoms with van der Waals surface area (Å²) in [7, 11) is 0. The summed E-state index contributed by atoms with van der Waals surface area (Å²) in [4.78, 5) is 41.6. The second-order valence-electron chi connectivity index (χ2n) is 9.10. The minimum Gasteiger partial charge on any atom is -0.343 e. The number of carbonyl (C=O) groups excluding carboxylic acids is 3. The van der Waals surface area contributed by atoms with Crippen molar-refractivity contribution in [3.05, 3.63) is 71.3 Å². The van der Waals surface area contributed by atoms with Crippen molar-refractivity contribution in [1.82, 2.24) is 10.2 Å². The van der Waals surface area contributed by atoms with Crippen LogP contribution in [0.5, 0.6) is 0 Å². The molecule has 0 fully saturated rings. The minimum atomic E-state index is -0.740. The predicted octanol–water partition coefficient (Wildman–Crippen LogP) is 4.29. The second kappa shape index (κ2) is 12.5. The standard InChI is InChI=1S/C27H34N2O3S2/c1-4-34-27(32)23(14-18(2)3)29-17-21-13-9-8-12-20(21)16-22(26(29)31)28-25(30)24(33)15-19-10-6-5-7-11-19/h5-13,18,22-24,33H,4,14-17H2,1-3H3,(H,28,30). The van der Waals surface area contributed by atoms with Crippen LogP contribution >= 0.6 is 24.4 Å². The van der Waals surface area contributed by atoms with Gasteiger partial charge in [-0.2, -0.15) is 12.6 Å². The van der Waals surface area contributed by atoms with Crippen LogP contribution in [-0.4, -0.2) is 44.9 Å². The largest absolute Gasteiger partial charge is 0.343 e. The molecule has 182 valence electrons. The number of hydrogen-bond acceptors (Lipinski definition) is 5. The summed E-state index contributed by atoms with van der Waals surface area (Å²) in [5, 5.41) is 2.38. The fraction of sp³-hybridized carbons (Fsp3) is 0.444. The van der Waals surface area contributed by atoms with Gasteiger partial charge >= 0.3 is 0 Å². The smallest absolute Gasteiger partial charge is 0.246 e. The van der Waals surface area contributed by atoms with Gasteiger partial charge in [-0.05, 0) is 41.2 Å². The highest BCUT2D eigenvalue weighted by Crippen LogP contribution is 2.26. The number of benzene rings is 2. The van der Waals surface area contributed by atoms with Gasteiger partial charge in [-0.3, -0.25) is 14.4 Å². The Labute approximate surface area is 212 Å². The monoisotopic (exact) mass is 498 g/mol. The van der Waals surface area contributed by atoms with Crippen molar-refractivity contribution in [2.75, 3.05) is 5.75 Å². The molecule has 7 heteroatoms. The molecule has 1 N–H and O–H groups in total. The van der Waals surface area contributed by atoms with Crippen molar-refractivity contribution in [1.29, 1.82) is 0 Å². The number of nitrogens with zero attached hydrogens (tertiary/aromatic N) is 1. The summed E-state index contributed by atoms with van der Waals surface area (Å²) >= 11 is 5.78. The van der Waals surface area contributed by atoms with Crippen molar-refractivity contribution in [3.63, 3.8) is 0 Å². The first-order valence-electron chi connectivity index (χ1n) is 11.9. The van der Waals surface area contributed by atoms with E-state index in [2.05, 4.69) is 31.8 Å². The number of amides is 2. The van der Waals surface area contributed by atoms with E-state index in [-0.39, 0.29) is 22.8 Å². The average Bonchev–Trinajstić information content (AvgIpc) is 2.94. The van der Waals surface area contributed by atoms with Gasteiger partial charge in [0.1, 0.15) is 12.1 Å². The molecule has 0 saturated heterocycles. The van der Waals surface area contributed by atoms with Gasteiger partial charge in [-0.1, -0.05) is 87.1 Å². The number of rotatable bonds is 9. The van der Waals surface area contributed by atoms with Crippen LogP contribution in [0.4, 0.5) is 0 Å². The number of thiol groups is 1. The van der Waals surface area contributed by atoms with E-state index in [1.54, 1.807) is 4.90 Å². The molecule has 0 bridgehead atoms. The Morgan fingerprint density at radius 2 is 1.74 bits per heavy atom. The van der Waals surface area contributed by atoms with E-state index in [4.69, 9.17) is 0 Å². The molecule has 1 aliphatic rings. The SMILES string of the molecule is CCSC(=O)C(CC(C)C)N1Cc2ccccc2CC(NC(=O)C(S)Cc2ccccc2)C1=O. The van der Waals surface area contributed by atoms with E-state index in [9.17, 15) is 14.4 Å². The normalized spacial score (nSPS) is 17.6. The number of hydrogen-bond donors (Lipinski definition) is 2. The molecule has 2 amide bonds. The molecule has 3 unspecified atom stereocenters. The van der Waals surface area contributed by atoms with Crippen LogP contribution in [0.3, 0.4) is 0 Å². The van der Waals surface area contributed by atoms with E-state index in [1.807, 2.05) is 61.5 Å². The van der Waals surface area contributed by atoms with E-state index in [1.165, 1.54) is 11.8 Å². The molecule has 0 saturated carbocycles. The van der Waals surface area contributed by atoms with Gasteiger partial charge in [0.05, 0.1) is 5.25 Å². The van der Waals surface area contributed by atoms with Crippen LogP contribution in [0.2, 0.25) is 0 Å². The molecular formula is C27H34N2O3S2. The van der Waals surface area contributed by atoms with Gasteiger partial charge in [-0.15, -0.1) is 0 Å². The maximum atomic E-state index is 13.8. The molecular weight excluding hydrogens is 464 g/mol. The predicted molar refractivity (Wildman–Crippen MR) is 142 cm³/mol. The van der Waals surface area contributed by atoms with Crippen LogP contribution in [0.15, 0.2) is 54.6 Å². The summed E-state index contributed by atoms with van der Waals surface area (Å²) in [6, 6.07) is 16.3. The van der Waals surface area contributed by atoms with Gasteiger partial charge in [-0.25, -0.2) is 0 Å². The highest BCUT2D eigenvalue weighted by Gasteiger charge is 2.38. The highest BCUT2D eigenvalue weighted by atomic mass is 32.2. The molecule has 34 heavy (non-hydrogen) atoms. The first-order chi connectivity index (χ1) is 16.3. The van der Waals surface area contributed by atoms with E-state index < -0.39 is 17.3 Å².